The minimum atomic E-state index is -0.287. The lowest BCUT2D eigenvalue weighted by atomic mass is 10.1. The van der Waals surface area contributed by atoms with E-state index in [-0.39, 0.29) is 23.3 Å². The number of hydrogen-bond acceptors (Lipinski definition) is 2. The Labute approximate surface area is 100 Å². The molecule has 0 radical (unpaired) electrons. The molecule has 1 rings (SSSR count). The minimum absolute atomic E-state index is 0.00178. The molecule has 4 heteroatoms. The maximum absolute atomic E-state index is 11.8. The summed E-state index contributed by atoms with van der Waals surface area (Å²) in [5.41, 5.74) is 1.20. The number of amides is 1. The van der Waals surface area contributed by atoms with E-state index in [2.05, 4.69) is 5.32 Å². The molecule has 0 aliphatic heterocycles. The molecule has 3 nitrogen and oxygen atoms in total. The second-order valence-corrected chi connectivity index (χ2v) is 4.06. The number of nitrogens with one attached hydrogen (secondary N) is 1. The first-order valence-corrected chi connectivity index (χ1v) is 5.78. The summed E-state index contributed by atoms with van der Waals surface area (Å²) >= 11 is 5.69. The van der Waals surface area contributed by atoms with Crippen LogP contribution < -0.4 is 5.32 Å². The number of phenols is 1. The van der Waals surface area contributed by atoms with Crippen molar-refractivity contribution in [2.24, 2.45) is 0 Å². The number of carbonyl (C=O) groups excluding carboxylic acids is 1. The fourth-order valence-electron chi connectivity index (χ4n) is 1.35. The predicted octanol–water partition coefficient (Wildman–Crippen LogP) is 2.45. The highest BCUT2D eigenvalue weighted by atomic mass is 35.5. The van der Waals surface area contributed by atoms with Crippen molar-refractivity contribution in [1.82, 2.24) is 5.32 Å². The zero-order chi connectivity index (χ0) is 12.1. The standard InChI is InChI=1S/C12H16ClNO2/c1-3-9(7-13)14-12(16)10-5-4-8(2)6-11(10)15/h4-6,9,15H,3,7H2,1-2H3,(H,14,16). The van der Waals surface area contributed by atoms with E-state index in [1.165, 1.54) is 0 Å². The first-order chi connectivity index (χ1) is 7.58. The molecule has 88 valence electrons. The number of hydrogen-bond donors (Lipinski definition) is 2. The van der Waals surface area contributed by atoms with E-state index < -0.39 is 0 Å². The topological polar surface area (TPSA) is 49.3 Å². The quantitative estimate of drug-likeness (QED) is 0.796. The third-order valence-electron chi connectivity index (χ3n) is 2.41. The lowest BCUT2D eigenvalue weighted by molar-refractivity contribution is 0.0937. The zero-order valence-corrected chi connectivity index (χ0v) is 10.2. The Balaban J connectivity index is 2.80. The molecular weight excluding hydrogens is 226 g/mol. The Hall–Kier alpha value is -1.22. The summed E-state index contributed by atoms with van der Waals surface area (Å²) in [7, 11) is 0. The van der Waals surface area contributed by atoms with Crippen LogP contribution in [0.1, 0.15) is 29.3 Å². The molecule has 0 bridgehead atoms. The molecule has 1 aromatic rings. The average molecular weight is 242 g/mol. The molecule has 0 heterocycles. The van der Waals surface area contributed by atoms with Gasteiger partial charge in [-0.3, -0.25) is 4.79 Å². The van der Waals surface area contributed by atoms with Crippen LogP contribution in [-0.2, 0) is 0 Å². The largest absolute Gasteiger partial charge is 0.507 e. The van der Waals surface area contributed by atoms with Crippen molar-refractivity contribution < 1.29 is 9.90 Å². The maximum atomic E-state index is 11.8. The van der Waals surface area contributed by atoms with Gasteiger partial charge in [0.25, 0.3) is 5.91 Å². The number of carbonyl (C=O) groups is 1. The highest BCUT2D eigenvalue weighted by Crippen LogP contribution is 2.18. The fourth-order valence-corrected chi connectivity index (χ4v) is 1.64. The molecule has 1 aromatic carbocycles. The van der Waals surface area contributed by atoms with Gasteiger partial charge >= 0.3 is 0 Å². The molecule has 1 unspecified atom stereocenters. The monoisotopic (exact) mass is 241 g/mol. The van der Waals surface area contributed by atoms with Crippen LogP contribution in [0.25, 0.3) is 0 Å². The SMILES string of the molecule is CCC(CCl)NC(=O)c1ccc(C)cc1O. The molecule has 16 heavy (non-hydrogen) atoms. The molecule has 1 atom stereocenters. The first kappa shape index (κ1) is 12.8. The van der Waals surface area contributed by atoms with Crippen molar-refractivity contribution in [3.8, 4) is 5.75 Å². The van der Waals surface area contributed by atoms with Crippen LogP contribution in [-0.4, -0.2) is 22.9 Å². The summed E-state index contributed by atoms with van der Waals surface area (Å²) in [6.45, 7) is 3.80. The summed E-state index contributed by atoms with van der Waals surface area (Å²) in [6, 6.07) is 4.91. The van der Waals surface area contributed by atoms with E-state index in [9.17, 15) is 9.90 Å². The Bertz CT molecular complexity index is 375. The Morgan fingerprint density at radius 1 is 1.56 bits per heavy atom. The third kappa shape index (κ3) is 3.14. The number of aromatic hydroxyl groups is 1. The highest BCUT2D eigenvalue weighted by Gasteiger charge is 2.14. The van der Waals surface area contributed by atoms with Gasteiger partial charge in [0.15, 0.2) is 0 Å². The van der Waals surface area contributed by atoms with Gasteiger partial charge in [0.2, 0.25) is 0 Å². The van der Waals surface area contributed by atoms with Crippen LogP contribution in [0.15, 0.2) is 18.2 Å². The van der Waals surface area contributed by atoms with Gasteiger partial charge < -0.3 is 10.4 Å². The second kappa shape index (κ2) is 5.75. The molecule has 1 amide bonds. The molecular formula is C12H16ClNO2. The van der Waals surface area contributed by atoms with Gasteiger partial charge in [0, 0.05) is 11.9 Å². The van der Waals surface area contributed by atoms with Gasteiger partial charge in [0.05, 0.1) is 5.56 Å². The van der Waals surface area contributed by atoms with Gasteiger partial charge in [-0.25, -0.2) is 0 Å². The Morgan fingerprint density at radius 3 is 2.75 bits per heavy atom. The van der Waals surface area contributed by atoms with Crippen LogP contribution in [0.3, 0.4) is 0 Å². The Morgan fingerprint density at radius 2 is 2.25 bits per heavy atom. The summed E-state index contributed by atoms with van der Waals surface area (Å²) in [5.74, 6) is 0.0846. The normalized spacial score (nSPS) is 12.2. The van der Waals surface area contributed by atoms with Crippen LogP contribution in [0.2, 0.25) is 0 Å². The summed E-state index contributed by atoms with van der Waals surface area (Å²) in [5, 5.41) is 12.4. The van der Waals surface area contributed by atoms with E-state index in [0.717, 1.165) is 12.0 Å². The van der Waals surface area contributed by atoms with E-state index in [4.69, 9.17) is 11.6 Å². The van der Waals surface area contributed by atoms with Crippen molar-refractivity contribution in [3.63, 3.8) is 0 Å². The molecule has 0 saturated heterocycles. The number of halogens is 1. The summed E-state index contributed by atoms with van der Waals surface area (Å²) in [6.07, 6.45) is 0.766. The van der Waals surface area contributed by atoms with Gasteiger partial charge in [-0.1, -0.05) is 13.0 Å². The van der Waals surface area contributed by atoms with Crippen molar-refractivity contribution in [1.29, 1.82) is 0 Å². The van der Waals surface area contributed by atoms with Crippen LogP contribution in [0, 0.1) is 6.92 Å². The van der Waals surface area contributed by atoms with Gasteiger partial charge in [-0.05, 0) is 31.0 Å². The van der Waals surface area contributed by atoms with Gasteiger partial charge in [0.1, 0.15) is 5.75 Å². The van der Waals surface area contributed by atoms with Crippen molar-refractivity contribution in [2.75, 3.05) is 5.88 Å². The van der Waals surface area contributed by atoms with Crippen molar-refractivity contribution in [2.45, 2.75) is 26.3 Å². The number of alkyl halides is 1. The lowest BCUT2D eigenvalue weighted by Gasteiger charge is -2.14. The number of aryl methyl sites for hydroxylation is 1. The average Bonchev–Trinajstić information content (AvgIpc) is 2.25. The van der Waals surface area contributed by atoms with E-state index >= 15 is 0 Å². The lowest BCUT2D eigenvalue weighted by Crippen LogP contribution is -2.35. The Kier molecular flexibility index (Phi) is 4.62. The minimum Gasteiger partial charge on any atom is -0.507 e. The smallest absolute Gasteiger partial charge is 0.255 e. The summed E-state index contributed by atoms with van der Waals surface area (Å²) in [4.78, 5) is 11.8. The third-order valence-corrected chi connectivity index (χ3v) is 2.78. The maximum Gasteiger partial charge on any atom is 0.255 e. The fraction of sp³-hybridized carbons (Fsp3) is 0.417. The molecule has 0 aromatic heterocycles. The van der Waals surface area contributed by atoms with E-state index in [0.29, 0.717) is 5.88 Å². The van der Waals surface area contributed by atoms with Crippen LogP contribution in [0.4, 0.5) is 0 Å². The molecule has 0 aliphatic carbocycles. The van der Waals surface area contributed by atoms with Crippen molar-refractivity contribution >= 4 is 17.5 Å². The van der Waals surface area contributed by atoms with Crippen molar-refractivity contribution in [3.05, 3.63) is 29.3 Å². The van der Waals surface area contributed by atoms with Gasteiger partial charge in [-0.15, -0.1) is 11.6 Å². The molecule has 0 saturated carbocycles. The molecule has 2 N–H and O–H groups in total. The van der Waals surface area contributed by atoms with E-state index in [1.807, 2.05) is 13.8 Å². The number of phenolic OH excluding ortho intramolecular Hbond substituents is 1. The number of benzene rings is 1. The highest BCUT2D eigenvalue weighted by molar-refractivity contribution is 6.18. The van der Waals surface area contributed by atoms with E-state index in [1.54, 1.807) is 18.2 Å². The van der Waals surface area contributed by atoms with Crippen LogP contribution >= 0.6 is 11.6 Å². The molecule has 0 aliphatic rings. The molecule has 0 fully saturated rings. The number of rotatable bonds is 4. The molecule has 0 spiro atoms. The van der Waals surface area contributed by atoms with Crippen LogP contribution in [0.5, 0.6) is 5.75 Å². The first-order valence-electron chi connectivity index (χ1n) is 5.25. The predicted molar refractivity (Wildman–Crippen MR) is 65.1 cm³/mol. The second-order valence-electron chi connectivity index (χ2n) is 3.75. The zero-order valence-electron chi connectivity index (χ0n) is 9.46. The van der Waals surface area contributed by atoms with Gasteiger partial charge in [-0.2, -0.15) is 0 Å². The summed E-state index contributed by atoms with van der Waals surface area (Å²) < 4.78 is 0.